The molecular weight excluding hydrogens is 337 g/mol. The normalized spacial score (nSPS) is 11.7. The van der Waals surface area contributed by atoms with Crippen LogP contribution in [-0.4, -0.2) is 10.1 Å². The topological polar surface area (TPSA) is 33.1 Å². The molecule has 0 saturated heterocycles. The number of alkyl halides is 3. The molecule has 1 heterocycles. The molecule has 2 rings (SSSR count). The Morgan fingerprint density at radius 3 is 2.20 bits per heavy atom. The summed E-state index contributed by atoms with van der Waals surface area (Å²) in [6, 6.07) is 3.39. The van der Waals surface area contributed by atoms with Crippen LogP contribution in [0.2, 0.25) is 15.1 Å². The average molecular weight is 343 g/mol. The molecule has 8 heteroatoms. The highest BCUT2D eigenvalue weighted by molar-refractivity contribution is 6.46. The van der Waals surface area contributed by atoms with E-state index in [0.717, 1.165) is 0 Å². The number of benzene rings is 1. The van der Waals surface area contributed by atoms with Crippen molar-refractivity contribution in [1.82, 2.24) is 4.98 Å². The monoisotopic (exact) mass is 341 g/mol. The van der Waals surface area contributed by atoms with Gasteiger partial charge in [-0.1, -0.05) is 34.8 Å². The summed E-state index contributed by atoms with van der Waals surface area (Å²) in [5.41, 5.74) is -1.17. The maximum Gasteiger partial charge on any atom is 0.418 e. The number of nitrogens with zero attached hydrogens (tertiary/aromatic N) is 1. The van der Waals surface area contributed by atoms with Gasteiger partial charge < -0.3 is 5.11 Å². The van der Waals surface area contributed by atoms with Gasteiger partial charge >= 0.3 is 6.18 Å². The fourth-order valence-corrected chi connectivity index (χ4v) is 2.25. The Morgan fingerprint density at radius 2 is 1.65 bits per heavy atom. The van der Waals surface area contributed by atoms with Crippen molar-refractivity contribution < 1.29 is 18.3 Å². The zero-order valence-electron chi connectivity index (χ0n) is 9.47. The summed E-state index contributed by atoms with van der Waals surface area (Å²) in [5.74, 6) is -0.689. The predicted octanol–water partition coefficient (Wildman–Crippen LogP) is 5.43. The van der Waals surface area contributed by atoms with Crippen LogP contribution in [0.4, 0.5) is 13.2 Å². The molecule has 0 saturated carbocycles. The number of hydrogen-bond donors (Lipinski definition) is 1. The third-order valence-corrected chi connectivity index (χ3v) is 3.59. The Hall–Kier alpha value is -1.17. The first-order valence-electron chi connectivity index (χ1n) is 5.12. The van der Waals surface area contributed by atoms with Gasteiger partial charge in [0.1, 0.15) is 11.4 Å². The fourth-order valence-electron chi connectivity index (χ4n) is 1.54. The summed E-state index contributed by atoms with van der Waals surface area (Å²) in [6.07, 6.45) is -4.02. The van der Waals surface area contributed by atoms with Crippen LogP contribution >= 0.6 is 34.8 Å². The van der Waals surface area contributed by atoms with E-state index in [0.29, 0.717) is 12.3 Å². The first-order valence-corrected chi connectivity index (χ1v) is 6.25. The minimum Gasteiger partial charge on any atom is -0.506 e. The zero-order valence-corrected chi connectivity index (χ0v) is 11.7. The molecule has 0 amide bonds. The van der Waals surface area contributed by atoms with Crippen molar-refractivity contribution in [1.29, 1.82) is 0 Å². The van der Waals surface area contributed by atoms with Crippen LogP contribution < -0.4 is 0 Å². The van der Waals surface area contributed by atoms with Gasteiger partial charge in [0.15, 0.2) is 0 Å². The molecule has 1 aromatic carbocycles. The molecule has 0 aliphatic heterocycles. The van der Waals surface area contributed by atoms with E-state index in [2.05, 4.69) is 4.98 Å². The first-order chi connectivity index (χ1) is 9.21. The fraction of sp³-hybridized carbons (Fsp3) is 0.0833. The van der Waals surface area contributed by atoms with E-state index in [1.165, 1.54) is 12.1 Å². The molecule has 20 heavy (non-hydrogen) atoms. The average Bonchev–Trinajstić information content (AvgIpc) is 2.35. The third kappa shape index (κ3) is 2.80. The lowest BCUT2D eigenvalue weighted by molar-refractivity contribution is -0.137. The van der Waals surface area contributed by atoms with Crippen molar-refractivity contribution in [2.45, 2.75) is 6.18 Å². The van der Waals surface area contributed by atoms with Crippen LogP contribution in [0.25, 0.3) is 11.3 Å². The molecule has 0 atom stereocenters. The molecule has 0 bridgehead atoms. The summed E-state index contributed by atoms with van der Waals surface area (Å²) in [4.78, 5) is 3.58. The van der Waals surface area contributed by atoms with Gasteiger partial charge in [-0.15, -0.1) is 0 Å². The van der Waals surface area contributed by atoms with Gasteiger partial charge in [0.2, 0.25) is 0 Å². The van der Waals surface area contributed by atoms with Gasteiger partial charge in [-0.05, 0) is 18.2 Å². The molecule has 1 N–H and O–H groups in total. The Morgan fingerprint density at radius 1 is 1.05 bits per heavy atom. The van der Waals surface area contributed by atoms with Crippen LogP contribution in [0.1, 0.15) is 5.56 Å². The van der Waals surface area contributed by atoms with Crippen LogP contribution in [0, 0.1) is 0 Å². The molecule has 0 fully saturated rings. The van der Waals surface area contributed by atoms with Gasteiger partial charge in [0.25, 0.3) is 0 Å². The van der Waals surface area contributed by atoms with E-state index in [-0.39, 0.29) is 26.3 Å². The molecule has 0 aliphatic carbocycles. The largest absolute Gasteiger partial charge is 0.506 e. The zero-order chi connectivity index (χ0) is 15.1. The van der Waals surface area contributed by atoms with Crippen molar-refractivity contribution in [2.75, 3.05) is 0 Å². The second kappa shape index (κ2) is 5.31. The Balaban J connectivity index is 2.64. The lowest BCUT2D eigenvalue weighted by Gasteiger charge is -2.12. The quantitative estimate of drug-likeness (QED) is 0.701. The number of rotatable bonds is 1. The van der Waals surface area contributed by atoms with Gasteiger partial charge in [0.05, 0.1) is 20.6 Å². The highest BCUT2D eigenvalue weighted by Gasteiger charge is 2.32. The van der Waals surface area contributed by atoms with E-state index in [1.807, 2.05) is 0 Å². The molecule has 0 radical (unpaired) electrons. The SMILES string of the molecule is Oc1cc(C(F)(F)F)cnc1-c1c(Cl)ccc(Cl)c1Cl. The molecule has 0 spiro atoms. The summed E-state index contributed by atoms with van der Waals surface area (Å²) < 4.78 is 37.5. The molecular formula is C12H5Cl3F3NO. The minimum atomic E-state index is -4.61. The lowest BCUT2D eigenvalue weighted by Crippen LogP contribution is -2.05. The minimum absolute atomic E-state index is 0.00160. The molecule has 106 valence electrons. The van der Waals surface area contributed by atoms with E-state index in [4.69, 9.17) is 34.8 Å². The van der Waals surface area contributed by atoms with E-state index < -0.39 is 17.5 Å². The van der Waals surface area contributed by atoms with E-state index >= 15 is 0 Å². The number of halogens is 6. The van der Waals surface area contributed by atoms with Crippen molar-refractivity contribution in [3.63, 3.8) is 0 Å². The predicted molar refractivity (Wildman–Crippen MR) is 71.4 cm³/mol. The highest BCUT2D eigenvalue weighted by atomic mass is 35.5. The number of aromatic hydroxyl groups is 1. The van der Waals surface area contributed by atoms with Gasteiger partial charge in [-0.3, -0.25) is 4.98 Å². The Labute approximate surface area is 126 Å². The second-order valence-corrected chi connectivity index (χ2v) is 5.00. The highest BCUT2D eigenvalue weighted by Crippen LogP contribution is 2.42. The van der Waals surface area contributed by atoms with Crippen LogP contribution in [0.3, 0.4) is 0 Å². The van der Waals surface area contributed by atoms with Crippen LogP contribution in [-0.2, 0) is 6.18 Å². The van der Waals surface area contributed by atoms with E-state index in [1.54, 1.807) is 0 Å². The summed E-state index contributed by atoms with van der Waals surface area (Å²) in [7, 11) is 0. The summed E-state index contributed by atoms with van der Waals surface area (Å²) in [5, 5.41) is 9.99. The van der Waals surface area contributed by atoms with Gasteiger partial charge in [-0.25, -0.2) is 0 Å². The molecule has 0 aliphatic rings. The summed E-state index contributed by atoms with van der Waals surface area (Å²) in [6.45, 7) is 0. The number of pyridine rings is 1. The smallest absolute Gasteiger partial charge is 0.418 e. The number of hydrogen-bond acceptors (Lipinski definition) is 2. The standard InChI is InChI=1S/C12H5Cl3F3NO/c13-6-1-2-7(14)10(15)9(6)11-8(20)3-5(4-19-11)12(16,17)18/h1-4,20H. The third-order valence-electron chi connectivity index (χ3n) is 2.48. The van der Waals surface area contributed by atoms with E-state index in [9.17, 15) is 18.3 Å². The van der Waals surface area contributed by atoms with Crippen LogP contribution in [0.15, 0.2) is 24.4 Å². The molecule has 2 aromatic rings. The first kappa shape index (κ1) is 15.2. The summed E-state index contributed by atoms with van der Waals surface area (Å²) >= 11 is 17.7. The Kier molecular flexibility index (Phi) is 4.04. The molecule has 0 unspecified atom stereocenters. The Bertz CT molecular complexity index is 674. The van der Waals surface area contributed by atoms with Crippen molar-refractivity contribution in [2.24, 2.45) is 0 Å². The maximum atomic E-state index is 12.5. The second-order valence-electron chi connectivity index (χ2n) is 3.81. The van der Waals surface area contributed by atoms with Crippen LogP contribution in [0.5, 0.6) is 5.75 Å². The van der Waals surface area contributed by atoms with Crippen molar-refractivity contribution in [3.8, 4) is 17.0 Å². The number of aromatic nitrogens is 1. The van der Waals surface area contributed by atoms with Gasteiger partial charge in [0, 0.05) is 11.8 Å². The molecule has 1 aromatic heterocycles. The van der Waals surface area contributed by atoms with Crippen molar-refractivity contribution in [3.05, 3.63) is 45.0 Å². The lowest BCUT2D eigenvalue weighted by atomic mass is 10.1. The molecule has 2 nitrogen and oxygen atoms in total. The van der Waals surface area contributed by atoms with Gasteiger partial charge in [-0.2, -0.15) is 13.2 Å². The maximum absolute atomic E-state index is 12.5. The van der Waals surface area contributed by atoms with Crippen molar-refractivity contribution >= 4 is 34.8 Å².